The van der Waals surface area contributed by atoms with Crippen molar-refractivity contribution in [1.29, 1.82) is 0 Å². The maximum Gasteiger partial charge on any atom is 0.413 e. The molecule has 0 radical (unpaired) electrons. The number of fused-ring (bicyclic) bond motifs is 4. The van der Waals surface area contributed by atoms with Crippen LogP contribution < -0.4 is 10.6 Å². The quantitative estimate of drug-likeness (QED) is 0.253. The molecule has 5 aromatic rings. The zero-order valence-electron chi connectivity index (χ0n) is 21.8. The average Bonchev–Trinajstić information content (AvgIpc) is 3.51. The van der Waals surface area contributed by atoms with Gasteiger partial charge in [-0.2, -0.15) is 0 Å². The fraction of sp³-hybridized carbons (Fsp3) is 0.161. The number of rotatable bonds is 4. The molecule has 0 bridgehead atoms. The molecular formula is C31H27N5O3. The van der Waals surface area contributed by atoms with Gasteiger partial charge in [-0.15, -0.1) is 0 Å². The lowest BCUT2D eigenvalue weighted by Gasteiger charge is -2.19. The van der Waals surface area contributed by atoms with Crippen LogP contribution in [0.5, 0.6) is 0 Å². The Morgan fingerprint density at radius 1 is 0.897 bits per heavy atom. The van der Waals surface area contributed by atoms with Gasteiger partial charge >= 0.3 is 6.09 Å². The van der Waals surface area contributed by atoms with Crippen LogP contribution in [-0.2, 0) is 4.74 Å². The first-order valence-electron chi connectivity index (χ1n) is 12.7. The van der Waals surface area contributed by atoms with Gasteiger partial charge in [0.25, 0.3) is 5.91 Å². The van der Waals surface area contributed by atoms with E-state index in [4.69, 9.17) is 4.74 Å². The molecule has 0 aliphatic heterocycles. The highest BCUT2D eigenvalue weighted by Crippen LogP contribution is 2.48. The summed E-state index contributed by atoms with van der Waals surface area (Å²) in [7, 11) is 0. The Bertz CT molecular complexity index is 1720. The van der Waals surface area contributed by atoms with Gasteiger partial charge in [0, 0.05) is 29.5 Å². The molecule has 2 amide bonds. The molecule has 194 valence electrons. The van der Waals surface area contributed by atoms with E-state index in [1.807, 2.05) is 63.2 Å². The van der Waals surface area contributed by atoms with Gasteiger partial charge in [0.2, 0.25) is 0 Å². The van der Waals surface area contributed by atoms with Crippen molar-refractivity contribution in [2.24, 2.45) is 0 Å². The van der Waals surface area contributed by atoms with Crippen LogP contribution in [0.15, 0.2) is 85.3 Å². The van der Waals surface area contributed by atoms with Crippen molar-refractivity contribution in [3.05, 3.63) is 102 Å². The van der Waals surface area contributed by atoms with Crippen molar-refractivity contribution in [2.75, 3.05) is 5.32 Å². The first kappa shape index (κ1) is 24.4. The van der Waals surface area contributed by atoms with E-state index in [1.54, 1.807) is 30.7 Å². The molecule has 3 aromatic heterocycles. The molecule has 0 spiro atoms. The van der Waals surface area contributed by atoms with Crippen molar-refractivity contribution < 1.29 is 14.3 Å². The minimum atomic E-state index is -0.598. The van der Waals surface area contributed by atoms with E-state index in [2.05, 4.69) is 37.7 Å². The number of carbonyl (C=O) groups excluding carboxylic acids is 2. The summed E-state index contributed by atoms with van der Waals surface area (Å²) in [5, 5.41) is 6.71. The predicted molar refractivity (Wildman–Crippen MR) is 150 cm³/mol. The monoisotopic (exact) mass is 517 g/mol. The van der Waals surface area contributed by atoms with Crippen LogP contribution in [0.1, 0.15) is 48.3 Å². The molecule has 3 N–H and O–H groups in total. The average molecular weight is 518 g/mol. The van der Waals surface area contributed by atoms with Crippen LogP contribution >= 0.6 is 0 Å². The van der Waals surface area contributed by atoms with Crippen molar-refractivity contribution in [2.45, 2.75) is 32.4 Å². The molecule has 0 saturated heterocycles. The second-order valence-corrected chi connectivity index (χ2v) is 10.4. The maximum absolute atomic E-state index is 13.5. The Labute approximate surface area is 225 Å². The molecular weight excluding hydrogens is 490 g/mol. The van der Waals surface area contributed by atoms with Gasteiger partial charge in [-0.05, 0) is 72.9 Å². The van der Waals surface area contributed by atoms with Gasteiger partial charge in [-0.1, -0.05) is 42.5 Å². The second-order valence-electron chi connectivity index (χ2n) is 10.4. The van der Waals surface area contributed by atoms with Gasteiger partial charge in [0.15, 0.2) is 0 Å². The van der Waals surface area contributed by atoms with E-state index in [1.165, 1.54) is 0 Å². The number of anilines is 1. The molecule has 8 nitrogen and oxygen atoms in total. The van der Waals surface area contributed by atoms with Crippen LogP contribution in [0.2, 0.25) is 0 Å². The van der Waals surface area contributed by atoms with E-state index < -0.39 is 11.7 Å². The van der Waals surface area contributed by atoms with E-state index >= 15 is 0 Å². The summed E-state index contributed by atoms with van der Waals surface area (Å²) >= 11 is 0. The highest BCUT2D eigenvalue weighted by atomic mass is 16.6. The van der Waals surface area contributed by atoms with E-state index in [-0.39, 0.29) is 11.9 Å². The first-order chi connectivity index (χ1) is 18.8. The number of carbonyl (C=O) groups is 2. The number of nitrogens with zero attached hydrogens (tertiary/aromatic N) is 2. The van der Waals surface area contributed by atoms with E-state index in [0.29, 0.717) is 17.0 Å². The zero-order chi connectivity index (χ0) is 27.1. The summed E-state index contributed by atoms with van der Waals surface area (Å²) in [6.45, 7) is 5.43. The molecule has 1 aliphatic rings. The fourth-order valence-corrected chi connectivity index (χ4v) is 5.05. The van der Waals surface area contributed by atoms with Crippen molar-refractivity contribution in [1.82, 2.24) is 20.3 Å². The molecule has 39 heavy (non-hydrogen) atoms. The largest absolute Gasteiger partial charge is 0.444 e. The number of amides is 2. The maximum atomic E-state index is 13.5. The molecule has 8 heteroatoms. The third-order valence-corrected chi connectivity index (χ3v) is 6.63. The summed E-state index contributed by atoms with van der Waals surface area (Å²) in [4.78, 5) is 37.4. The van der Waals surface area contributed by atoms with Crippen LogP contribution in [0.25, 0.3) is 33.3 Å². The number of aromatic nitrogens is 3. The van der Waals surface area contributed by atoms with Crippen molar-refractivity contribution >= 4 is 28.9 Å². The number of benzene rings is 2. The smallest absolute Gasteiger partial charge is 0.413 e. The number of hydrogen-bond donors (Lipinski definition) is 3. The summed E-state index contributed by atoms with van der Waals surface area (Å²) in [6, 6.07) is 21.2. The normalized spacial score (nSPS) is 14.0. The van der Waals surface area contributed by atoms with Crippen molar-refractivity contribution in [3.8, 4) is 22.3 Å². The Morgan fingerprint density at radius 3 is 2.49 bits per heavy atom. The lowest BCUT2D eigenvalue weighted by molar-refractivity contribution is 0.0635. The molecule has 1 unspecified atom stereocenters. The SMILES string of the molecule is CC(C)(C)OC(=O)Nc1ccc(-c2cccc3c2-c2ccccc2C3NC(=O)c2ccnc3[nH]ccc23)cn1. The standard InChI is InChI=1S/C31H27N5O3/c1-31(2,3)39-30(38)35-25-12-11-18(17-34-25)19-9-6-10-24-26(19)20-7-4-5-8-21(20)27(24)36-29(37)23-14-16-33-28-22(23)13-15-32-28/h4-17,27H,1-3H3,(H,32,33)(H,36,37)(H,34,35,38). The molecule has 2 aromatic carbocycles. The minimum absolute atomic E-state index is 0.167. The summed E-state index contributed by atoms with van der Waals surface area (Å²) in [6.07, 6.45) is 4.60. The predicted octanol–water partition coefficient (Wildman–Crippen LogP) is 6.47. The Morgan fingerprint density at radius 2 is 1.69 bits per heavy atom. The van der Waals surface area contributed by atoms with Gasteiger partial charge in [0.1, 0.15) is 17.1 Å². The second kappa shape index (κ2) is 9.40. The van der Waals surface area contributed by atoms with Crippen LogP contribution in [0, 0.1) is 0 Å². The number of hydrogen-bond acceptors (Lipinski definition) is 5. The minimum Gasteiger partial charge on any atom is -0.444 e. The molecule has 0 saturated carbocycles. The Hall–Kier alpha value is -4.98. The topological polar surface area (TPSA) is 109 Å². The number of nitrogens with one attached hydrogen (secondary N) is 3. The number of pyridine rings is 2. The summed E-state index contributed by atoms with van der Waals surface area (Å²) in [5.41, 5.74) is 6.69. The van der Waals surface area contributed by atoms with Crippen LogP contribution in [-0.4, -0.2) is 32.6 Å². The molecule has 0 fully saturated rings. The third kappa shape index (κ3) is 4.61. The van der Waals surface area contributed by atoms with E-state index in [9.17, 15) is 9.59 Å². The van der Waals surface area contributed by atoms with Crippen LogP contribution in [0.4, 0.5) is 10.6 Å². The zero-order valence-corrected chi connectivity index (χ0v) is 21.8. The first-order valence-corrected chi connectivity index (χ1v) is 12.7. The molecule has 3 heterocycles. The van der Waals surface area contributed by atoms with Crippen LogP contribution in [0.3, 0.4) is 0 Å². The Balaban J connectivity index is 1.33. The Kier molecular flexibility index (Phi) is 5.87. The number of aromatic amines is 1. The van der Waals surface area contributed by atoms with Crippen molar-refractivity contribution in [3.63, 3.8) is 0 Å². The van der Waals surface area contributed by atoms with Gasteiger partial charge in [0.05, 0.1) is 11.6 Å². The molecule has 1 atom stereocenters. The van der Waals surface area contributed by atoms with Gasteiger partial charge in [-0.25, -0.2) is 14.8 Å². The summed E-state index contributed by atoms with van der Waals surface area (Å²) in [5.74, 6) is 0.235. The lowest BCUT2D eigenvalue weighted by Crippen LogP contribution is -2.28. The fourth-order valence-electron chi connectivity index (χ4n) is 5.05. The highest BCUT2D eigenvalue weighted by molar-refractivity contribution is 6.06. The molecule has 1 aliphatic carbocycles. The summed E-state index contributed by atoms with van der Waals surface area (Å²) < 4.78 is 5.32. The third-order valence-electron chi connectivity index (χ3n) is 6.63. The number of H-pyrrole nitrogens is 1. The highest BCUT2D eigenvalue weighted by Gasteiger charge is 2.32. The van der Waals surface area contributed by atoms with Gasteiger partial charge in [-0.3, -0.25) is 10.1 Å². The molecule has 6 rings (SSSR count). The van der Waals surface area contributed by atoms with E-state index in [0.717, 1.165) is 38.8 Å². The lowest BCUT2D eigenvalue weighted by atomic mass is 9.95. The number of ether oxygens (including phenoxy) is 1. The van der Waals surface area contributed by atoms with Gasteiger partial charge < -0.3 is 15.0 Å².